The minimum atomic E-state index is -0.248. The first-order valence-electron chi connectivity index (χ1n) is 3.81. The number of hydrogen-bond acceptors (Lipinski definition) is 3. The standard InChI is InChI=1S/C8H12N2O2/c1-7(5-12-8(2)11)10-4-3-9-6-10/h3-4,6-7H,5H2,1-2H3. The lowest BCUT2D eigenvalue weighted by molar-refractivity contribution is -0.141. The minimum absolute atomic E-state index is 0.149. The van der Waals surface area contributed by atoms with Crippen LogP contribution < -0.4 is 0 Å². The summed E-state index contributed by atoms with van der Waals surface area (Å²) in [5.74, 6) is -0.248. The summed E-state index contributed by atoms with van der Waals surface area (Å²) < 4.78 is 6.73. The topological polar surface area (TPSA) is 44.1 Å². The Balaban J connectivity index is 2.39. The molecule has 1 atom stereocenters. The van der Waals surface area contributed by atoms with E-state index in [0.29, 0.717) is 6.61 Å². The second kappa shape index (κ2) is 3.90. The zero-order valence-corrected chi connectivity index (χ0v) is 7.23. The van der Waals surface area contributed by atoms with Gasteiger partial charge in [0.15, 0.2) is 0 Å². The lowest BCUT2D eigenvalue weighted by Crippen LogP contribution is -2.12. The van der Waals surface area contributed by atoms with Crippen LogP contribution in [0.25, 0.3) is 0 Å². The fourth-order valence-electron chi connectivity index (χ4n) is 0.854. The first-order valence-corrected chi connectivity index (χ1v) is 3.81. The number of aromatic nitrogens is 2. The number of ether oxygens (including phenoxy) is 1. The summed E-state index contributed by atoms with van der Waals surface area (Å²) in [7, 11) is 0. The molecular formula is C8H12N2O2. The van der Waals surface area contributed by atoms with Gasteiger partial charge < -0.3 is 9.30 Å². The van der Waals surface area contributed by atoms with Crippen molar-refractivity contribution in [2.75, 3.05) is 6.61 Å². The van der Waals surface area contributed by atoms with E-state index >= 15 is 0 Å². The van der Waals surface area contributed by atoms with E-state index in [2.05, 4.69) is 4.98 Å². The van der Waals surface area contributed by atoms with Crippen molar-refractivity contribution in [3.8, 4) is 0 Å². The van der Waals surface area contributed by atoms with E-state index < -0.39 is 0 Å². The predicted molar refractivity (Wildman–Crippen MR) is 43.6 cm³/mol. The highest BCUT2D eigenvalue weighted by Gasteiger charge is 2.04. The van der Waals surface area contributed by atoms with Gasteiger partial charge in [0.05, 0.1) is 12.4 Å². The molecule has 1 unspecified atom stereocenters. The molecule has 66 valence electrons. The summed E-state index contributed by atoms with van der Waals surface area (Å²) in [6.07, 6.45) is 5.24. The third-order valence-corrected chi connectivity index (χ3v) is 1.56. The number of carbonyl (C=O) groups excluding carboxylic acids is 1. The molecule has 4 nitrogen and oxygen atoms in total. The maximum atomic E-state index is 10.5. The molecule has 0 saturated carbocycles. The van der Waals surface area contributed by atoms with Gasteiger partial charge in [0, 0.05) is 19.3 Å². The highest BCUT2D eigenvalue weighted by molar-refractivity contribution is 5.65. The quantitative estimate of drug-likeness (QED) is 0.632. The minimum Gasteiger partial charge on any atom is -0.464 e. The van der Waals surface area contributed by atoms with Gasteiger partial charge in [-0.05, 0) is 6.92 Å². The van der Waals surface area contributed by atoms with E-state index in [1.54, 1.807) is 12.5 Å². The fraction of sp³-hybridized carbons (Fsp3) is 0.500. The smallest absolute Gasteiger partial charge is 0.302 e. The average Bonchev–Trinajstić information content (AvgIpc) is 2.51. The summed E-state index contributed by atoms with van der Waals surface area (Å²) in [5.41, 5.74) is 0. The summed E-state index contributed by atoms with van der Waals surface area (Å²) in [4.78, 5) is 14.4. The molecule has 0 saturated heterocycles. The molecule has 0 aliphatic carbocycles. The number of hydrogen-bond donors (Lipinski definition) is 0. The third-order valence-electron chi connectivity index (χ3n) is 1.56. The first-order chi connectivity index (χ1) is 5.70. The average molecular weight is 168 g/mol. The molecule has 1 rings (SSSR count). The maximum absolute atomic E-state index is 10.5. The number of esters is 1. The van der Waals surface area contributed by atoms with Gasteiger partial charge in [-0.2, -0.15) is 0 Å². The molecule has 1 heterocycles. The van der Waals surface area contributed by atoms with Crippen LogP contribution in [-0.4, -0.2) is 22.1 Å². The zero-order valence-electron chi connectivity index (χ0n) is 7.23. The Hall–Kier alpha value is -1.32. The lowest BCUT2D eigenvalue weighted by atomic mass is 10.4. The van der Waals surface area contributed by atoms with Crippen LogP contribution in [0.2, 0.25) is 0 Å². The van der Waals surface area contributed by atoms with E-state index in [-0.39, 0.29) is 12.0 Å². The van der Waals surface area contributed by atoms with E-state index in [0.717, 1.165) is 0 Å². The Morgan fingerprint density at radius 2 is 2.50 bits per heavy atom. The van der Waals surface area contributed by atoms with Crippen LogP contribution in [0.1, 0.15) is 19.9 Å². The predicted octanol–water partition coefficient (Wildman–Crippen LogP) is 1.01. The van der Waals surface area contributed by atoms with E-state index in [4.69, 9.17) is 4.74 Å². The van der Waals surface area contributed by atoms with Crippen molar-refractivity contribution >= 4 is 5.97 Å². The van der Waals surface area contributed by atoms with Gasteiger partial charge in [-0.3, -0.25) is 4.79 Å². The van der Waals surface area contributed by atoms with Gasteiger partial charge in [-0.15, -0.1) is 0 Å². The third kappa shape index (κ3) is 2.38. The number of rotatable bonds is 3. The number of carbonyl (C=O) groups is 1. The normalized spacial score (nSPS) is 12.5. The molecule has 0 aliphatic heterocycles. The molecule has 0 spiro atoms. The summed E-state index contributed by atoms with van der Waals surface area (Å²) in [6, 6.07) is 0.149. The lowest BCUT2D eigenvalue weighted by Gasteiger charge is -2.11. The van der Waals surface area contributed by atoms with E-state index in [9.17, 15) is 4.79 Å². The second-order valence-corrected chi connectivity index (χ2v) is 2.66. The van der Waals surface area contributed by atoms with E-state index in [1.165, 1.54) is 6.92 Å². The van der Waals surface area contributed by atoms with E-state index in [1.807, 2.05) is 17.7 Å². The largest absolute Gasteiger partial charge is 0.464 e. The molecule has 1 aromatic rings. The molecule has 0 amide bonds. The Labute approximate surface area is 71.2 Å². The molecular weight excluding hydrogens is 156 g/mol. The van der Waals surface area contributed by atoms with Gasteiger partial charge in [0.25, 0.3) is 0 Å². The number of nitrogens with zero attached hydrogens (tertiary/aromatic N) is 2. The molecule has 0 aromatic carbocycles. The molecule has 0 radical (unpaired) electrons. The Morgan fingerprint density at radius 1 is 1.75 bits per heavy atom. The molecule has 1 aromatic heterocycles. The Morgan fingerprint density at radius 3 is 3.00 bits per heavy atom. The van der Waals surface area contributed by atoms with Crippen LogP contribution in [0.4, 0.5) is 0 Å². The van der Waals surface area contributed by atoms with Crippen LogP contribution >= 0.6 is 0 Å². The van der Waals surface area contributed by atoms with Crippen molar-refractivity contribution in [1.82, 2.24) is 9.55 Å². The maximum Gasteiger partial charge on any atom is 0.302 e. The Kier molecular flexibility index (Phi) is 2.85. The van der Waals surface area contributed by atoms with Gasteiger partial charge in [-0.1, -0.05) is 0 Å². The van der Waals surface area contributed by atoms with Crippen molar-refractivity contribution in [2.45, 2.75) is 19.9 Å². The van der Waals surface area contributed by atoms with Crippen LogP contribution in [0.3, 0.4) is 0 Å². The van der Waals surface area contributed by atoms with Gasteiger partial charge >= 0.3 is 5.97 Å². The summed E-state index contributed by atoms with van der Waals surface area (Å²) in [6.45, 7) is 3.76. The van der Waals surface area contributed by atoms with Crippen molar-refractivity contribution in [1.29, 1.82) is 0 Å². The highest BCUT2D eigenvalue weighted by Crippen LogP contribution is 2.04. The molecule has 0 aliphatic rings. The van der Waals surface area contributed by atoms with Crippen LogP contribution in [0, 0.1) is 0 Å². The number of imidazole rings is 1. The SMILES string of the molecule is CC(=O)OCC(C)n1ccnc1. The van der Waals surface area contributed by atoms with Crippen molar-refractivity contribution in [3.63, 3.8) is 0 Å². The molecule has 12 heavy (non-hydrogen) atoms. The van der Waals surface area contributed by atoms with Crippen LogP contribution in [0.5, 0.6) is 0 Å². The molecule has 0 bridgehead atoms. The van der Waals surface area contributed by atoms with Crippen LogP contribution in [0.15, 0.2) is 18.7 Å². The van der Waals surface area contributed by atoms with Crippen LogP contribution in [-0.2, 0) is 9.53 Å². The first kappa shape index (κ1) is 8.77. The summed E-state index contributed by atoms with van der Waals surface area (Å²) >= 11 is 0. The fourth-order valence-corrected chi connectivity index (χ4v) is 0.854. The summed E-state index contributed by atoms with van der Waals surface area (Å²) in [5, 5.41) is 0. The van der Waals surface area contributed by atoms with Gasteiger partial charge in [0.1, 0.15) is 6.61 Å². The monoisotopic (exact) mass is 168 g/mol. The zero-order chi connectivity index (χ0) is 8.97. The van der Waals surface area contributed by atoms with Crippen molar-refractivity contribution in [2.24, 2.45) is 0 Å². The van der Waals surface area contributed by atoms with Gasteiger partial charge in [0.2, 0.25) is 0 Å². The van der Waals surface area contributed by atoms with Gasteiger partial charge in [-0.25, -0.2) is 4.98 Å². The molecule has 0 N–H and O–H groups in total. The highest BCUT2D eigenvalue weighted by atomic mass is 16.5. The van der Waals surface area contributed by atoms with Crippen molar-refractivity contribution < 1.29 is 9.53 Å². The molecule has 4 heteroatoms. The van der Waals surface area contributed by atoms with Crippen molar-refractivity contribution in [3.05, 3.63) is 18.7 Å². The Bertz CT molecular complexity index is 244. The molecule has 0 fully saturated rings. The second-order valence-electron chi connectivity index (χ2n) is 2.66.